The van der Waals surface area contributed by atoms with Gasteiger partial charge in [0.1, 0.15) is 5.75 Å². The molecular weight excluding hydrogens is 448 g/mol. The molecule has 1 aromatic heterocycles. The lowest BCUT2D eigenvalue weighted by Crippen LogP contribution is -2.35. The third-order valence-corrected chi connectivity index (χ3v) is 6.28. The minimum absolute atomic E-state index is 0.0120. The molecular formula is C26H28N4O5. The molecule has 1 saturated carbocycles. The normalized spacial score (nSPS) is 14.9. The van der Waals surface area contributed by atoms with E-state index in [4.69, 9.17) is 9.47 Å². The molecule has 182 valence electrons. The molecule has 0 bridgehead atoms. The fourth-order valence-corrected chi connectivity index (χ4v) is 4.57. The van der Waals surface area contributed by atoms with Gasteiger partial charge in [-0.1, -0.05) is 12.8 Å². The van der Waals surface area contributed by atoms with E-state index in [0.717, 1.165) is 31.4 Å². The number of nitrogens with zero attached hydrogens (tertiary/aromatic N) is 2. The zero-order valence-electron chi connectivity index (χ0n) is 19.7. The lowest BCUT2D eigenvalue weighted by molar-refractivity contribution is 0.102. The van der Waals surface area contributed by atoms with Crippen molar-refractivity contribution in [3.8, 4) is 28.5 Å². The molecule has 0 atom stereocenters. The van der Waals surface area contributed by atoms with Gasteiger partial charge in [0.2, 0.25) is 6.79 Å². The molecule has 0 unspecified atom stereocenters. The van der Waals surface area contributed by atoms with E-state index in [1.54, 1.807) is 30.3 Å². The van der Waals surface area contributed by atoms with Gasteiger partial charge in [-0.3, -0.25) is 4.79 Å². The molecule has 0 spiro atoms. The summed E-state index contributed by atoms with van der Waals surface area (Å²) >= 11 is 0. The Morgan fingerprint density at radius 2 is 1.83 bits per heavy atom. The van der Waals surface area contributed by atoms with Crippen LogP contribution in [0, 0.1) is 0 Å². The molecule has 1 aliphatic heterocycles. The smallest absolute Gasteiger partial charge is 0.342 e. The molecule has 1 aliphatic carbocycles. The van der Waals surface area contributed by atoms with E-state index >= 15 is 0 Å². The second-order valence-electron chi connectivity index (χ2n) is 9.21. The Morgan fingerprint density at radius 3 is 2.60 bits per heavy atom. The fraction of sp³-hybridized carbons (Fsp3) is 0.346. The van der Waals surface area contributed by atoms with Crippen LogP contribution < -0.4 is 20.1 Å². The molecule has 2 amide bonds. The summed E-state index contributed by atoms with van der Waals surface area (Å²) in [5.41, 5.74) is 2.65. The molecule has 1 fully saturated rings. The largest absolute Gasteiger partial charge is 0.507 e. The van der Waals surface area contributed by atoms with Crippen molar-refractivity contribution in [2.75, 3.05) is 12.1 Å². The topological polar surface area (TPSA) is 115 Å². The van der Waals surface area contributed by atoms with Crippen LogP contribution in [0.25, 0.3) is 11.3 Å². The Hall–Kier alpha value is -4.01. The summed E-state index contributed by atoms with van der Waals surface area (Å²) in [6.45, 7) is 3.93. The summed E-state index contributed by atoms with van der Waals surface area (Å²) in [4.78, 5) is 25.7. The number of carbonyl (C=O) groups is 2. The quantitative estimate of drug-likeness (QED) is 0.453. The summed E-state index contributed by atoms with van der Waals surface area (Å²) in [7, 11) is 0. The molecule has 35 heavy (non-hydrogen) atoms. The average Bonchev–Trinajstić information content (AvgIpc) is 3.59. The van der Waals surface area contributed by atoms with E-state index in [-0.39, 0.29) is 36.4 Å². The van der Waals surface area contributed by atoms with Crippen LogP contribution in [0.15, 0.2) is 42.5 Å². The standard InChI is InChI=1S/C26H28N4O5/c1-15(2)27-26(33)30-21(16-5-3-4-6-16)13-20(29-30)19-12-18(8-9-22(19)31)28-25(32)17-7-10-23-24(11-17)35-14-34-23/h7-13,15-16,31H,3-6,14H2,1-2H3,(H,27,33)(H,28,32). The van der Waals surface area contributed by atoms with Crippen LogP contribution in [0.3, 0.4) is 0 Å². The van der Waals surface area contributed by atoms with Crippen molar-refractivity contribution in [3.63, 3.8) is 0 Å². The third kappa shape index (κ3) is 4.66. The first kappa shape index (κ1) is 22.8. The van der Waals surface area contributed by atoms with Crippen LogP contribution >= 0.6 is 0 Å². The molecule has 9 heteroatoms. The van der Waals surface area contributed by atoms with E-state index in [9.17, 15) is 14.7 Å². The highest BCUT2D eigenvalue weighted by molar-refractivity contribution is 6.05. The molecule has 2 heterocycles. The lowest BCUT2D eigenvalue weighted by Gasteiger charge is -2.13. The van der Waals surface area contributed by atoms with Crippen molar-refractivity contribution in [2.24, 2.45) is 0 Å². The number of ether oxygens (including phenoxy) is 2. The van der Waals surface area contributed by atoms with Gasteiger partial charge in [-0.25, -0.2) is 4.79 Å². The molecule has 2 aromatic carbocycles. The number of hydrogen-bond acceptors (Lipinski definition) is 6. The number of benzene rings is 2. The number of anilines is 1. The van der Waals surface area contributed by atoms with Gasteiger partial charge in [0, 0.05) is 28.8 Å². The molecule has 0 radical (unpaired) electrons. The number of amides is 2. The zero-order valence-corrected chi connectivity index (χ0v) is 19.7. The highest BCUT2D eigenvalue weighted by Gasteiger charge is 2.26. The van der Waals surface area contributed by atoms with Gasteiger partial charge >= 0.3 is 6.03 Å². The van der Waals surface area contributed by atoms with Gasteiger partial charge in [0.15, 0.2) is 11.5 Å². The van der Waals surface area contributed by atoms with Gasteiger partial charge in [-0.2, -0.15) is 9.78 Å². The van der Waals surface area contributed by atoms with E-state index in [0.29, 0.717) is 34.0 Å². The van der Waals surface area contributed by atoms with Crippen LogP contribution in [-0.2, 0) is 0 Å². The first-order valence-electron chi connectivity index (χ1n) is 11.8. The number of nitrogens with one attached hydrogen (secondary N) is 2. The van der Waals surface area contributed by atoms with E-state index < -0.39 is 0 Å². The summed E-state index contributed by atoms with van der Waals surface area (Å²) in [5, 5.41) is 20.9. The van der Waals surface area contributed by atoms with Gasteiger partial charge < -0.3 is 25.2 Å². The summed E-state index contributed by atoms with van der Waals surface area (Å²) in [6, 6.07) is 11.3. The number of rotatable bonds is 5. The number of carbonyl (C=O) groups excluding carboxylic acids is 2. The second-order valence-corrected chi connectivity index (χ2v) is 9.21. The predicted octanol–water partition coefficient (Wildman–Crippen LogP) is 4.86. The Morgan fingerprint density at radius 1 is 1.06 bits per heavy atom. The van der Waals surface area contributed by atoms with Crippen LogP contribution in [0.1, 0.15) is 61.5 Å². The van der Waals surface area contributed by atoms with Crippen molar-refractivity contribution in [2.45, 2.75) is 51.5 Å². The van der Waals surface area contributed by atoms with Crippen LogP contribution in [-0.4, -0.2) is 39.7 Å². The fourth-order valence-electron chi connectivity index (χ4n) is 4.57. The van der Waals surface area contributed by atoms with Crippen LogP contribution in [0.4, 0.5) is 10.5 Å². The second kappa shape index (κ2) is 9.32. The third-order valence-electron chi connectivity index (χ3n) is 6.28. The minimum atomic E-state index is -0.326. The SMILES string of the molecule is CC(C)NC(=O)n1nc(-c2cc(NC(=O)c3ccc4c(c3)OCO4)ccc2O)cc1C1CCCC1. The molecule has 5 rings (SSSR count). The summed E-state index contributed by atoms with van der Waals surface area (Å²) in [6.07, 6.45) is 4.22. The number of aromatic nitrogens is 2. The van der Waals surface area contributed by atoms with Gasteiger partial charge in [-0.15, -0.1) is 0 Å². The molecule has 3 aromatic rings. The maximum Gasteiger partial charge on any atom is 0.342 e. The monoisotopic (exact) mass is 476 g/mol. The number of phenolic OH excluding ortho intramolecular Hbond substituents is 1. The van der Waals surface area contributed by atoms with Crippen molar-refractivity contribution in [1.29, 1.82) is 0 Å². The minimum Gasteiger partial charge on any atom is -0.507 e. The summed E-state index contributed by atoms with van der Waals surface area (Å²) < 4.78 is 12.1. The van der Waals surface area contributed by atoms with Gasteiger partial charge in [0.25, 0.3) is 5.91 Å². The Kier molecular flexibility index (Phi) is 6.07. The first-order chi connectivity index (χ1) is 16.9. The number of phenols is 1. The molecule has 0 saturated heterocycles. The highest BCUT2D eigenvalue weighted by Crippen LogP contribution is 2.38. The number of aromatic hydroxyl groups is 1. The highest BCUT2D eigenvalue weighted by atomic mass is 16.7. The maximum atomic E-state index is 12.9. The zero-order chi connectivity index (χ0) is 24.5. The Balaban J connectivity index is 1.44. The van der Waals surface area contributed by atoms with E-state index in [1.165, 1.54) is 10.7 Å². The average molecular weight is 477 g/mol. The van der Waals surface area contributed by atoms with Crippen molar-refractivity contribution in [3.05, 3.63) is 53.7 Å². The van der Waals surface area contributed by atoms with Crippen molar-refractivity contribution >= 4 is 17.6 Å². The molecule has 2 aliphatic rings. The lowest BCUT2D eigenvalue weighted by atomic mass is 10.0. The number of hydrogen-bond donors (Lipinski definition) is 3. The van der Waals surface area contributed by atoms with Gasteiger partial charge in [0.05, 0.1) is 11.4 Å². The van der Waals surface area contributed by atoms with Crippen molar-refractivity contribution in [1.82, 2.24) is 15.1 Å². The van der Waals surface area contributed by atoms with Crippen molar-refractivity contribution < 1.29 is 24.2 Å². The van der Waals surface area contributed by atoms with Gasteiger partial charge in [-0.05, 0) is 69.2 Å². The Labute approximate surface area is 203 Å². The predicted molar refractivity (Wildman–Crippen MR) is 130 cm³/mol. The van der Waals surface area contributed by atoms with E-state index in [2.05, 4.69) is 15.7 Å². The van der Waals surface area contributed by atoms with Crippen LogP contribution in [0.2, 0.25) is 0 Å². The first-order valence-corrected chi connectivity index (χ1v) is 11.8. The molecule has 9 nitrogen and oxygen atoms in total. The summed E-state index contributed by atoms with van der Waals surface area (Å²) in [5.74, 6) is 1.05. The van der Waals surface area contributed by atoms with E-state index in [1.807, 2.05) is 19.9 Å². The number of fused-ring (bicyclic) bond motifs is 1. The van der Waals surface area contributed by atoms with Crippen LogP contribution in [0.5, 0.6) is 17.2 Å². The Bertz CT molecular complexity index is 1280. The molecule has 3 N–H and O–H groups in total. The maximum absolute atomic E-state index is 12.9.